The molecule has 0 bridgehead atoms. The minimum atomic E-state index is -3.45. The van der Waals surface area contributed by atoms with Gasteiger partial charge in [-0.15, -0.1) is 0 Å². The summed E-state index contributed by atoms with van der Waals surface area (Å²) < 4.78 is 33.0. The Kier molecular flexibility index (Phi) is 4.66. The highest BCUT2D eigenvalue weighted by Crippen LogP contribution is 2.32. The van der Waals surface area contributed by atoms with Gasteiger partial charge in [0.05, 0.1) is 4.90 Å². The summed E-state index contributed by atoms with van der Waals surface area (Å²) in [7, 11) is -3.45. The van der Waals surface area contributed by atoms with E-state index in [1.807, 2.05) is 0 Å². The molecule has 2 aliphatic rings. The Morgan fingerprint density at radius 1 is 1.04 bits per heavy atom. The molecule has 1 aromatic heterocycles. The zero-order chi connectivity index (χ0) is 18.3. The molecule has 0 atom stereocenters. The predicted octanol–water partition coefficient (Wildman–Crippen LogP) is 3.42. The molecule has 6 nitrogen and oxygen atoms in total. The van der Waals surface area contributed by atoms with Crippen molar-refractivity contribution in [3.8, 4) is 0 Å². The molecule has 1 saturated heterocycles. The van der Waals surface area contributed by atoms with Gasteiger partial charge in [-0.25, -0.2) is 8.42 Å². The van der Waals surface area contributed by atoms with Crippen molar-refractivity contribution < 1.29 is 17.6 Å². The Morgan fingerprint density at radius 2 is 1.81 bits per heavy atom. The van der Waals surface area contributed by atoms with Crippen LogP contribution in [0, 0.1) is 0 Å². The third-order valence-corrected chi connectivity index (χ3v) is 7.22. The topological polar surface area (TPSA) is 70.8 Å². The van der Waals surface area contributed by atoms with Crippen molar-refractivity contribution in [2.24, 2.45) is 0 Å². The van der Waals surface area contributed by atoms with Crippen LogP contribution in [0.1, 0.15) is 35.4 Å². The van der Waals surface area contributed by atoms with Crippen LogP contribution in [0.15, 0.2) is 44.3 Å². The van der Waals surface area contributed by atoms with E-state index in [0.29, 0.717) is 29.2 Å². The second-order valence-corrected chi connectivity index (χ2v) is 9.29. The number of hydrogen-bond donors (Lipinski definition) is 0. The van der Waals surface area contributed by atoms with Crippen LogP contribution in [0.3, 0.4) is 0 Å². The Labute approximate surface area is 161 Å². The largest absolute Gasteiger partial charge is 0.444 e. The van der Waals surface area contributed by atoms with Crippen molar-refractivity contribution in [2.45, 2.75) is 30.6 Å². The fraction of sp³-hybridized carbons (Fsp3) is 0.389. The van der Waals surface area contributed by atoms with Gasteiger partial charge in [0.1, 0.15) is 0 Å². The predicted molar refractivity (Wildman–Crippen MR) is 101 cm³/mol. The van der Waals surface area contributed by atoms with E-state index >= 15 is 0 Å². The maximum absolute atomic E-state index is 12.8. The first-order valence-electron chi connectivity index (χ1n) is 8.67. The number of aryl methyl sites for hydroxylation is 1. The first-order valence-corrected chi connectivity index (χ1v) is 10.9. The van der Waals surface area contributed by atoms with Gasteiger partial charge in [0.25, 0.3) is 5.91 Å². The number of amides is 1. The van der Waals surface area contributed by atoms with Gasteiger partial charge in [0.2, 0.25) is 10.0 Å². The number of halogens is 1. The quantitative estimate of drug-likeness (QED) is 0.735. The number of nitrogens with zero attached hydrogens (tertiary/aromatic N) is 2. The van der Waals surface area contributed by atoms with Crippen LogP contribution in [0.4, 0.5) is 5.69 Å². The Hall–Kier alpha value is -1.64. The van der Waals surface area contributed by atoms with Gasteiger partial charge in [-0.1, -0.05) is 0 Å². The molecule has 1 aromatic carbocycles. The van der Waals surface area contributed by atoms with Crippen molar-refractivity contribution in [1.82, 2.24) is 4.31 Å². The number of carbonyl (C=O) groups excluding carboxylic acids is 1. The summed E-state index contributed by atoms with van der Waals surface area (Å²) in [6.07, 6.45) is 3.36. The minimum Gasteiger partial charge on any atom is -0.444 e. The summed E-state index contributed by atoms with van der Waals surface area (Å²) in [6, 6.07) is 8.39. The van der Waals surface area contributed by atoms with E-state index in [4.69, 9.17) is 4.42 Å². The monoisotopic (exact) mass is 438 g/mol. The standard InChI is InChI=1S/C18H19BrN2O4S/c19-17-8-7-16(25-17)18(22)21-11-3-4-13-12-14(5-6-15(13)21)26(23,24)20-9-1-2-10-20/h5-8,12H,1-4,9-11H2. The molecule has 1 amide bonds. The molecular formula is C18H19BrN2O4S. The van der Waals surface area contributed by atoms with Gasteiger partial charge >= 0.3 is 0 Å². The highest BCUT2D eigenvalue weighted by molar-refractivity contribution is 9.10. The molecule has 8 heteroatoms. The van der Waals surface area contributed by atoms with E-state index in [9.17, 15) is 13.2 Å². The molecule has 138 valence electrons. The molecule has 0 aliphatic carbocycles. The molecule has 26 heavy (non-hydrogen) atoms. The number of carbonyl (C=O) groups is 1. The van der Waals surface area contributed by atoms with E-state index in [1.54, 1.807) is 39.5 Å². The number of hydrogen-bond acceptors (Lipinski definition) is 4. The Balaban J connectivity index is 1.67. The molecule has 2 aromatic rings. The number of furan rings is 1. The SMILES string of the molecule is O=C(c1ccc(Br)o1)N1CCCc2cc(S(=O)(=O)N3CCCC3)ccc21. The maximum atomic E-state index is 12.8. The lowest BCUT2D eigenvalue weighted by molar-refractivity contribution is 0.0957. The first-order chi connectivity index (χ1) is 12.5. The zero-order valence-electron chi connectivity index (χ0n) is 14.2. The molecule has 3 heterocycles. The fourth-order valence-electron chi connectivity index (χ4n) is 3.58. The molecule has 0 spiro atoms. The van der Waals surface area contributed by atoms with Crippen LogP contribution >= 0.6 is 15.9 Å². The third-order valence-electron chi connectivity index (χ3n) is 4.90. The van der Waals surface area contributed by atoms with Crippen molar-refractivity contribution in [3.05, 3.63) is 46.3 Å². The van der Waals surface area contributed by atoms with Crippen molar-refractivity contribution in [2.75, 3.05) is 24.5 Å². The maximum Gasteiger partial charge on any atom is 0.294 e. The van der Waals surface area contributed by atoms with Crippen molar-refractivity contribution in [3.63, 3.8) is 0 Å². The van der Waals surface area contributed by atoms with E-state index < -0.39 is 10.0 Å². The van der Waals surface area contributed by atoms with Crippen LogP contribution in [0.25, 0.3) is 0 Å². The number of sulfonamides is 1. The van der Waals surface area contributed by atoms with E-state index in [2.05, 4.69) is 15.9 Å². The second-order valence-electron chi connectivity index (χ2n) is 6.57. The summed E-state index contributed by atoms with van der Waals surface area (Å²) >= 11 is 3.21. The van der Waals surface area contributed by atoms with Crippen LogP contribution < -0.4 is 4.90 Å². The average Bonchev–Trinajstić information content (AvgIpc) is 3.32. The lowest BCUT2D eigenvalue weighted by Crippen LogP contribution is -2.35. The van der Waals surface area contributed by atoms with E-state index in [-0.39, 0.29) is 11.7 Å². The fourth-order valence-corrected chi connectivity index (χ4v) is 5.46. The minimum absolute atomic E-state index is 0.216. The van der Waals surface area contributed by atoms with Crippen LogP contribution in [-0.4, -0.2) is 38.3 Å². The number of benzene rings is 1. The molecular weight excluding hydrogens is 420 g/mol. The number of fused-ring (bicyclic) bond motifs is 1. The van der Waals surface area contributed by atoms with Crippen LogP contribution in [0.2, 0.25) is 0 Å². The summed E-state index contributed by atoms with van der Waals surface area (Å²) in [6.45, 7) is 1.75. The number of anilines is 1. The summed E-state index contributed by atoms with van der Waals surface area (Å²) in [5, 5.41) is 0. The Bertz CT molecular complexity index is 948. The third kappa shape index (κ3) is 3.10. The number of rotatable bonds is 3. The zero-order valence-corrected chi connectivity index (χ0v) is 16.6. The van der Waals surface area contributed by atoms with Gasteiger partial charge in [-0.3, -0.25) is 4.79 Å². The average molecular weight is 439 g/mol. The molecule has 0 radical (unpaired) electrons. The van der Waals surface area contributed by atoms with Crippen molar-refractivity contribution >= 4 is 37.5 Å². The second kappa shape index (κ2) is 6.83. The van der Waals surface area contributed by atoms with E-state index in [1.165, 1.54) is 0 Å². The first kappa shape index (κ1) is 17.8. The normalized spacial score (nSPS) is 18.1. The van der Waals surface area contributed by atoms with Crippen LogP contribution in [0.5, 0.6) is 0 Å². The summed E-state index contributed by atoms with van der Waals surface area (Å²) in [4.78, 5) is 14.7. The Morgan fingerprint density at radius 3 is 2.50 bits per heavy atom. The van der Waals surface area contributed by atoms with Gasteiger partial charge in [0, 0.05) is 25.3 Å². The van der Waals surface area contributed by atoms with Gasteiger partial charge in [0.15, 0.2) is 10.4 Å². The highest BCUT2D eigenvalue weighted by Gasteiger charge is 2.30. The van der Waals surface area contributed by atoms with Gasteiger partial charge in [-0.05, 0) is 77.5 Å². The van der Waals surface area contributed by atoms with Gasteiger partial charge in [-0.2, -0.15) is 4.31 Å². The molecule has 0 N–H and O–H groups in total. The lowest BCUT2D eigenvalue weighted by Gasteiger charge is -2.29. The summed E-state index contributed by atoms with van der Waals surface area (Å²) in [5.74, 6) is 0.0466. The smallest absolute Gasteiger partial charge is 0.294 e. The summed E-state index contributed by atoms with van der Waals surface area (Å²) in [5.41, 5.74) is 1.64. The van der Waals surface area contributed by atoms with Gasteiger partial charge < -0.3 is 9.32 Å². The molecule has 2 aliphatic heterocycles. The molecule has 0 unspecified atom stereocenters. The highest BCUT2D eigenvalue weighted by atomic mass is 79.9. The van der Waals surface area contributed by atoms with Crippen molar-refractivity contribution in [1.29, 1.82) is 0 Å². The molecule has 4 rings (SSSR count). The molecule has 1 fully saturated rings. The van der Waals surface area contributed by atoms with E-state index in [0.717, 1.165) is 36.9 Å². The lowest BCUT2D eigenvalue weighted by atomic mass is 10.0. The molecule has 0 saturated carbocycles. The van der Waals surface area contributed by atoms with Crippen LogP contribution in [-0.2, 0) is 16.4 Å².